The molecule has 35 heavy (non-hydrogen) atoms. The molecule has 3 aromatic heterocycles. The van der Waals surface area contributed by atoms with E-state index in [-0.39, 0.29) is 22.3 Å². The Morgan fingerprint density at radius 2 is 1.80 bits per heavy atom. The molecule has 0 bridgehead atoms. The molecule has 0 radical (unpaired) electrons. The van der Waals surface area contributed by atoms with Crippen LogP contribution in [0.4, 0.5) is 26.3 Å². The van der Waals surface area contributed by atoms with Gasteiger partial charge in [-0.15, -0.1) is 0 Å². The summed E-state index contributed by atoms with van der Waals surface area (Å²) in [4.78, 5) is 16.5. The van der Waals surface area contributed by atoms with Crippen LogP contribution in [0.15, 0.2) is 48.8 Å². The first-order chi connectivity index (χ1) is 16.5. The van der Waals surface area contributed by atoms with Crippen LogP contribution in [0.1, 0.15) is 22.6 Å². The van der Waals surface area contributed by atoms with E-state index in [1.807, 2.05) is 0 Å². The Balaban J connectivity index is 1.64. The monoisotopic (exact) mass is 516 g/mol. The predicted octanol–water partition coefficient (Wildman–Crippen LogP) is 4.86. The van der Waals surface area contributed by atoms with Crippen molar-refractivity contribution in [2.24, 2.45) is 0 Å². The number of aromatic nitrogens is 5. The number of halogens is 7. The molecule has 3 heterocycles. The van der Waals surface area contributed by atoms with E-state index >= 15 is 0 Å². The second-order valence-corrected chi connectivity index (χ2v) is 7.87. The Morgan fingerprint density at radius 3 is 2.43 bits per heavy atom. The zero-order valence-electron chi connectivity index (χ0n) is 17.5. The smallest absolute Gasteiger partial charge is 0.351 e. The van der Waals surface area contributed by atoms with Gasteiger partial charge in [-0.3, -0.25) is 9.48 Å². The van der Waals surface area contributed by atoms with E-state index in [4.69, 9.17) is 11.6 Å². The SMILES string of the molecule is O=C(NCCCn1cc(Cl)cn1)c1cc2nc(-c3ccc(F)cc3)cc(C(F)(F)C(F)(F)F)n2n1. The lowest BCUT2D eigenvalue weighted by Crippen LogP contribution is -2.36. The van der Waals surface area contributed by atoms with Gasteiger partial charge in [0.1, 0.15) is 11.5 Å². The third-order valence-corrected chi connectivity index (χ3v) is 5.12. The molecule has 0 spiro atoms. The van der Waals surface area contributed by atoms with Crippen LogP contribution in [0, 0.1) is 5.82 Å². The molecule has 7 nitrogen and oxygen atoms in total. The molecule has 1 amide bonds. The summed E-state index contributed by atoms with van der Waals surface area (Å²) in [5, 5.41) is 10.6. The molecule has 1 aromatic carbocycles. The molecule has 184 valence electrons. The lowest BCUT2D eigenvalue weighted by atomic mass is 10.1. The van der Waals surface area contributed by atoms with Gasteiger partial charge in [0.25, 0.3) is 5.91 Å². The highest BCUT2D eigenvalue weighted by atomic mass is 35.5. The van der Waals surface area contributed by atoms with Crippen LogP contribution >= 0.6 is 11.6 Å². The molecule has 14 heteroatoms. The molecule has 0 atom stereocenters. The number of amides is 1. The minimum Gasteiger partial charge on any atom is -0.351 e. The number of hydrogen-bond acceptors (Lipinski definition) is 4. The van der Waals surface area contributed by atoms with Crippen molar-refractivity contribution in [3.05, 3.63) is 71.0 Å². The lowest BCUT2D eigenvalue weighted by molar-refractivity contribution is -0.291. The van der Waals surface area contributed by atoms with Crippen molar-refractivity contribution >= 4 is 23.2 Å². The van der Waals surface area contributed by atoms with E-state index in [2.05, 4.69) is 20.5 Å². The minimum atomic E-state index is -5.94. The van der Waals surface area contributed by atoms with Gasteiger partial charge in [0.05, 0.1) is 16.9 Å². The van der Waals surface area contributed by atoms with Gasteiger partial charge in [-0.25, -0.2) is 13.9 Å². The van der Waals surface area contributed by atoms with E-state index in [9.17, 15) is 31.1 Å². The second-order valence-electron chi connectivity index (χ2n) is 7.44. The second kappa shape index (κ2) is 9.21. The zero-order chi connectivity index (χ0) is 25.4. The highest BCUT2D eigenvalue weighted by molar-refractivity contribution is 6.30. The van der Waals surface area contributed by atoms with Crippen LogP contribution in [0.2, 0.25) is 5.02 Å². The summed E-state index contributed by atoms with van der Waals surface area (Å²) in [6.45, 7) is 0.562. The summed E-state index contributed by atoms with van der Waals surface area (Å²) in [6.07, 6.45) is -2.48. The number of carbonyl (C=O) groups excluding carboxylic acids is 1. The molecular weight excluding hydrogens is 502 g/mol. The van der Waals surface area contributed by atoms with E-state index in [1.165, 1.54) is 18.3 Å². The van der Waals surface area contributed by atoms with Crippen LogP contribution in [0.25, 0.3) is 16.9 Å². The van der Waals surface area contributed by atoms with Gasteiger partial charge in [-0.2, -0.15) is 32.1 Å². The van der Waals surface area contributed by atoms with Gasteiger partial charge in [-0.1, -0.05) is 11.6 Å². The van der Waals surface area contributed by atoms with Crippen molar-refractivity contribution in [2.45, 2.75) is 25.1 Å². The molecule has 0 saturated carbocycles. The van der Waals surface area contributed by atoms with Crippen molar-refractivity contribution in [2.75, 3.05) is 6.54 Å². The summed E-state index contributed by atoms with van der Waals surface area (Å²) in [5.41, 5.74) is -2.54. The van der Waals surface area contributed by atoms with Crippen molar-refractivity contribution < 1.29 is 31.1 Å². The molecule has 4 aromatic rings. The third-order valence-electron chi connectivity index (χ3n) is 4.93. The Labute approximate surface area is 198 Å². The zero-order valence-corrected chi connectivity index (χ0v) is 18.3. The van der Waals surface area contributed by atoms with Gasteiger partial charge in [0.2, 0.25) is 0 Å². The first-order valence-corrected chi connectivity index (χ1v) is 10.4. The average molecular weight is 517 g/mol. The Morgan fingerprint density at radius 1 is 1.09 bits per heavy atom. The van der Waals surface area contributed by atoms with Gasteiger partial charge in [0.15, 0.2) is 11.3 Å². The number of hydrogen-bond donors (Lipinski definition) is 1. The fraction of sp³-hybridized carbons (Fsp3) is 0.238. The van der Waals surface area contributed by atoms with Crippen LogP contribution < -0.4 is 5.32 Å². The fourth-order valence-corrected chi connectivity index (χ4v) is 3.37. The van der Waals surface area contributed by atoms with Crippen molar-refractivity contribution in [1.82, 2.24) is 29.7 Å². The Kier molecular flexibility index (Phi) is 6.45. The fourth-order valence-electron chi connectivity index (χ4n) is 3.22. The lowest BCUT2D eigenvalue weighted by Gasteiger charge is -2.21. The van der Waals surface area contributed by atoms with Gasteiger partial charge >= 0.3 is 12.1 Å². The number of nitrogens with zero attached hydrogens (tertiary/aromatic N) is 5. The van der Waals surface area contributed by atoms with Crippen LogP contribution in [-0.4, -0.2) is 43.0 Å². The van der Waals surface area contributed by atoms with Crippen LogP contribution in [0.3, 0.4) is 0 Å². The normalized spacial score (nSPS) is 12.3. The number of carbonyl (C=O) groups is 1. The molecule has 0 aliphatic carbocycles. The van der Waals surface area contributed by atoms with Crippen LogP contribution in [0.5, 0.6) is 0 Å². The summed E-state index contributed by atoms with van der Waals surface area (Å²) in [6, 6.07) is 5.88. The quantitative estimate of drug-likeness (QED) is 0.281. The van der Waals surface area contributed by atoms with Crippen molar-refractivity contribution in [1.29, 1.82) is 0 Å². The standard InChI is InChI=1S/C21H15ClF6N6O/c22-13-10-30-33(11-13)7-1-6-29-19(35)16-9-18-31-15(12-2-4-14(23)5-3-12)8-17(34(18)32-16)20(24,25)21(26,27)28/h2-5,8-11H,1,6-7H2,(H,29,35). The molecule has 0 aliphatic rings. The van der Waals surface area contributed by atoms with Crippen LogP contribution in [-0.2, 0) is 12.5 Å². The predicted molar refractivity (Wildman–Crippen MR) is 113 cm³/mol. The number of fused-ring (bicyclic) bond motifs is 1. The van der Waals surface area contributed by atoms with Gasteiger partial charge in [0, 0.05) is 30.9 Å². The Hall–Kier alpha value is -3.61. The highest BCUT2D eigenvalue weighted by Gasteiger charge is 2.60. The third kappa shape index (κ3) is 5.09. The molecule has 4 rings (SSSR count). The average Bonchev–Trinajstić information content (AvgIpc) is 3.41. The van der Waals surface area contributed by atoms with E-state index in [0.717, 1.165) is 18.2 Å². The van der Waals surface area contributed by atoms with E-state index < -0.39 is 40.9 Å². The number of aryl methyl sites for hydroxylation is 1. The number of rotatable bonds is 7. The molecule has 0 fully saturated rings. The number of alkyl halides is 5. The molecule has 1 N–H and O–H groups in total. The van der Waals surface area contributed by atoms with Crippen molar-refractivity contribution in [3.63, 3.8) is 0 Å². The molecular formula is C21H15ClF6N6O. The van der Waals surface area contributed by atoms with Gasteiger partial charge in [-0.05, 0) is 36.8 Å². The van der Waals surface area contributed by atoms with E-state index in [1.54, 1.807) is 10.9 Å². The minimum absolute atomic E-state index is 0.0963. The molecule has 0 unspecified atom stereocenters. The molecule has 0 aliphatic heterocycles. The number of nitrogens with one attached hydrogen (secondary N) is 1. The first-order valence-electron chi connectivity index (χ1n) is 10.0. The highest BCUT2D eigenvalue weighted by Crippen LogP contribution is 2.44. The van der Waals surface area contributed by atoms with Crippen molar-refractivity contribution in [3.8, 4) is 11.3 Å². The summed E-state index contributed by atoms with van der Waals surface area (Å²) in [5.74, 6) is -6.73. The molecule has 0 saturated heterocycles. The first kappa shape index (κ1) is 24.5. The van der Waals surface area contributed by atoms with Gasteiger partial charge < -0.3 is 5.32 Å². The number of benzene rings is 1. The van der Waals surface area contributed by atoms with E-state index in [0.29, 0.717) is 24.1 Å². The summed E-state index contributed by atoms with van der Waals surface area (Å²) < 4.78 is 83.4. The topological polar surface area (TPSA) is 77.1 Å². The maximum Gasteiger partial charge on any atom is 0.459 e. The maximum atomic E-state index is 14.4. The summed E-state index contributed by atoms with van der Waals surface area (Å²) in [7, 11) is 0. The Bertz CT molecular complexity index is 1370. The maximum absolute atomic E-state index is 14.4. The largest absolute Gasteiger partial charge is 0.459 e. The summed E-state index contributed by atoms with van der Waals surface area (Å²) >= 11 is 5.76.